The summed E-state index contributed by atoms with van der Waals surface area (Å²) in [6, 6.07) is 6.37. The molecule has 0 N–H and O–H groups in total. The van der Waals surface area contributed by atoms with Crippen LogP contribution in [-0.2, 0) is 4.79 Å². The molecule has 18 heavy (non-hydrogen) atoms. The number of para-hydroxylation sites is 1. The Morgan fingerprint density at radius 2 is 1.56 bits per heavy atom. The molecule has 1 aromatic rings. The highest BCUT2D eigenvalue weighted by molar-refractivity contribution is 5.93. The van der Waals surface area contributed by atoms with Crippen LogP contribution in [0.3, 0.4) is 0 Å². The molecule has 0 unspecified atom stereocenters. The highest BCUT2D eigenvalue weighted by Gasteiger charge is 2.20. The van der Waals surface area contributed by atoms with E-state index in [0.29, 0.717) is 11.8 Å². The number of nitrogens with zero attached hydrogens (tertiary/aromatic N) is 1. The summed E-state index contributed by atoms with van der Waals surface area (Å²) in [4.78, 5) is 13.7. The third-order valence-electron chi connectivity index (χ3n) is 3.31. The summed E-state index contributed by atoms with van der Waals surface area (Å²) in [6.07, 6.45) is 0. The van der Waals surface area contributed by atoms with Crippen molar-refractivity contribution in [2.45, 2.75) is 53.4 Å². The Morgan fingerprint density at radius 1 is 1.11 bits per heavy atom. The third-order valence-corrected chi connectivity index (χ3v) is 3.31. The number of hydrogen-bond acceptors (Lipinski definition) is 1. The number of amides is 1. The molecule has 0 atom stereocenters. The molecule has 0 aliphatic carbocycles. The molecular weight excluding hydrogens is 222 g/mol. The molecule has 0 radical (unpaired) electrons. The molecule has 0 heterocycles. The summed E-state index contributed by atoms with van der Waals surface area (Å²) in [5.74, 6) is 0.965. The molecule has 100 valence electrons. The summed E-state index contributed by atoms with van der Waals surface area (Å²) >= 11 is 0. The van der Waals surface area contributed by atoms with Gasteiger partial charge in [0.05, 0.1) is 5.69 Å². The maximum absolute atomic E-state index is 11.9. The van der Waals surface area contributed by atoms with Gasteiger partial charge in [-0.25, -0.2) is 0 Å². The van der Waals surface area contributed by atoms with E-state index in [1.54, 1.807) is 6.92 Å². The summed E-state index contributed by atoms with van der Waals surface area (Å²) in [7, 11) is 0. The summed E-state index contributed by atoms with van der Waals surface area (Å²) < 4.78 is 0. The Kier molecular flexibility index (Phi) is 4.94. The summed E-state index contributed by atoms with van der Waals surface area (Å²) in [6.45, 7) is 13.1. The van der Waals surface area contributed by atoms with Crippen molar-refractivity contribution in [1.29, 1.82) is 0 Å². The van der Waals surface area contributed by atoms with Crippen molar-refractivity contribution >= 4 is 11.6 Å². The molecular formula is C16H25NO. The van der Waals surface area contributed by atoms with Crippen LogP contribution in [0.4, 0.5) is 5.69 Å². The second kappa shape index (κ2) is 6.03. The van der Waals surface area contributed by atoms with Crippen LogP contribution in [-0.4, -0.2) is 12.5 Å². The van der Waals surface area contributed by atoms with Crippen LogP contribution < -0.4 is 4.90 Å². The Morgan fingerprint density at radius 3 is 1.83 bits per heavy atom. The smallest absolute Gasteiger partial charge is 0.223 e. The lowest BCUT2D eigenvalue weighted by molar-refractivity contribution is -0.116. The average molecular weight is 247 g/mol. The summed E-state index contributed by atoms with van der Waals surface area (Å²) in [5.41, 5.74) is 3.65. The van der Waals surface area contributed by atoms with Crippen LogP contribution in [0.1, 0.15) is 64.5 Å². The Balaban J connectivity index is 3.48. The standard InChI is InChI=1S/C16H25NO/c1-7-17(13(6)18)16-14(11(2)3)9-8-10-15(16)12(4)5/h8-12H,7H2,1-6H3. The van der Waals surface area contributed by atoms with Crippen molar-refractivity contribution in [1.82, 2.24) is 0 Å². The van der Waals surface area contributed by atoms with Crippen LogP contribution >= 0.6 is 0 Å². The Hall–Kier alpha value is -1.31. The van der Waals surface area contributed by atoms with Crippen molar-refractivity contribution in [2.75, 3.05) is 11.4 Å². The normalized spacial score (nSPS) is 11.1. The van der Waals surface area contributed by atoms with Gasteiger partial charge in [-0.15, -0.1) is 0 Å². The molecule has 0 bridgehead atoms. The molecule has 0 aliphatic rings. The van der Waals surface area contributed by atoms with Gasteiger partial charge in [-0.1, -0.05) is 45.9 Å². The lowest BCUT2D eigenvalue weighted by atomic mass is 9.92. The fourth-order valence-electron chi connectivity index (χ4n) is 2.36. The van der Waals surface area contributed by atoms with E-state index in [0.717, 1.165) is 12.2 Å². The maximum Gasteiger partial charge on any atom is 0.223 e. The molecule has 0 spiro atoms. The van der Waals surface area contributed by atoms with Crippen LogP contribution in [0.25, 0.3) is 0 Å². The fourth-order valence-corrected chi connectivity index (χ4v) is 2.36. The first-order valence-electron chi connectivity index (χ1n) is 6.81. The first-order valence-corrected chi connectivity index (χ1v) is 6.81. The number of carbonyl (C=O) groups excluding carboxylic acids is 1. The first-order chi connectivity index (χ1) is 8.40. The van der Waals surface area contributed by atoms with E-state index in [9.17, 15) is 4.79 Å². The van der Waals surface area contributed by atoms with E-state index in [-0.39, 0.29) is 5.91 Å². The monoisotopic (exact) mass is 247 g/mol. The predicted octanol–water partition coefficient (Wildman–Crippen LogP) is 4.31. The molecule has 1 amide bonds. The largest absolute Gasteiger partial charge is 0.312 e. The lowest BCUT2D eigenvalue weighted by Gasteiger charge is -2.28. The van der Waals surface area contributed by atoms with Gasteiger partial charge in [0.15, 0.2) is 0 Å². The fraction of sp³-hybridized carbons (Fsp3) is 0.562. The van der Waals surface area contributed by atoms with Gasteiger partial charge >= 0.3 is 0 Å². The van der Waals surface area contributed by atoms with Gasteiger partial charge in [-0.3, -0.25) is 4.79 Å². The quantitative estimate of drug-likeness (QED) is 0.776. The minimum atomic E-state index is 0.118. The zero-order valence-corrected chi connectivity index (χ0v) is 12.4. The highest BCUT2D eigenvalue weighted by Crippen LogP contribution is 2.35. The van der Waals surface area contributed by atoms with Crippen LogP contribution in [0.5, 0.6) is 0 Å². The van der Waals surface area contributed by atoms with E-state index in [1.165, 1.54) is 11.1 Å². The summed E-state index contributed by atoms with van der Waals surface area (Å²) in [5, 5.41) is 0. The SMILES string of the molecule is CCN(C(C)=O)c1c(C(C)C)cccc1C(C)C. The molecule has 0 aliphatic heterocycles. The van der Waals surface area contributed by atoms with E-state index in [2.05, 4.69) is 45.9 Å². The van der Waals surface area contributed by atoms with Gasteiger partial charge in [0.2, 0.25) is 5.91 Å². The molecule has 0 fully saturated rings. The van der Waals surface area contributed by atoms with Gasteiger partial charge in [0.25, 0.3) is 0 Å². The van der Waals surface area contributed by atoms with Crippen LogP contribution in [0.15, 0.2) is 18.2 Å². The number of benzene rings is 1. The van der Waals surface area contributed by atoms with Gasteiger partial charge in [0.1, 0.15) is 0 Å². The van der Waals surface area contributed by atoms with Crippen molar-refractivity contribution in [3.63, 3.8) is 0 Å². The molecule has 0 saturated carbocycles. The van der Waals surface area contributed by atoms with Gasteiger partial charge in [-0.2, -0.15) is 0 Å². The minimum absolute atomic E-state index is 0.118. The van der Waals surface area contributed by atoms with Crippen molar-refractivity contribution < 1.29 is 4.79 Å². The predicted molar refractivity (Wildman–Crippen MR) is 78.3 cm³/mol. The molecule has 0 aromatic heterocycles. The van der Waals surface area contributed by atoms with Gasteiger partial charge in [-0.05, 0) is 29.9 Å². The Bertz CT molecular complexity index is 395. The molecule has 1 rings (SSSR count). The van der Waals surface area contributed by atoms with Crippen molar-refractivity contribution in [3.05, 3.63) is 29.3 Å². The lowest BCUT2D eigenvalue weighted by Crippen LogP contribution is -2.30. The Labute approximate surface area is 111 Å². The van der Waals surface area contributed by atoms with Gasteiger partial charge in [0, 0.05) is 13.5 Å². The van der Waals surface area contributed by atoms with Crippen molar-refractivity contribution in [3.8, 4) is 0 Å². The van der Waals surface area contributed by atoms with Gasteiger partial charge < -0.3 is 4.90 Å². The highest BCUT2D eigenvalue weighted by atomic mass is 16.2. The van der Waals surface area contributed by atoms with E-state index < -0.39 is 0 Å². The number of anilines is 1. The molecule has 1 aromatic carbocycles. The second-order valence-corrected chi connectivity index (χ2v) is 5.36. The van der Waals surface area contributed by atoms with E-state index in [1.807, 2.05) is 11.8 Å². The number of carbonyl (C=O) groups is 1. The number of rotatable bonds is 4. The van der Waals surface area contributed by atoms with Crippen LogP contribution in [0, 0.1) is 0 Å². The zero-order valence-electron chi connectivity index (χ0n) is 12.4. The number of hydrogen-bond donors (Lipinski definition) is 0. The second-order valence-electron chi connectivity index (χ2n) is 5.36. The van der Waals surface area contributed by atoms with E-state index >= 15 is 0 Å². The maximum atomic E-state index is 11.9. The van der Waals surface area contributed by atoms with Crippen LogP contribution in [0.2, 0.25) is 0 Å². The van der Waals surface area contributed by atoms with Crippen molar-refractivity contribution in [2.24, 2.45) is 0 Å². The topological polar surface area (TPSA) is 20.3 Å². The molecule has 2 heteroatoms. The first kappa shape index (κ1) is 14.7. The zero-order chi connectivity index (χ0) is 13.9. The molecule has 2 nitrogen and oxygen atoms in total. The minimum Gasteiger partial charge on any atom is -0.312 e. The molecule has 0 saturated heterocycles. The van der Waals surface area contributed by atoms with E-state index in [4.69, 9.17) is 0 Å². The third kappa shape index (κ3) is 2.92. The average Bonchev–Trinajstić information content (AvgIpc) is 2.28.